The maximum Gasteiger partial charge on any atom is 0.230 e. The van der Waals surface area contributed by atoms with Crippen LogP contribution in [0.15, 0.2) is 18.3 Å². The molecule has 2 rings (SSSR count). The number of likely N-dealkylation sites (tertiary alicyclic amines) is 1. The molecule has 0 radical (unpaired) electrons. The highest BCUT2D eigenvalue weighted by atomic mass is 16.3. The van der Waals surface area contributed by atoms with Crippen LogP contribution in [0.5, 0.6) is 5.75 Å². The number of nitrogens with zero attached hydrogens (tertiary/aromatic N) is 2. The number of carbonyl (C=O) groups is 2. The van der Waals surface area contributed by atoms with Crippen molar-refractivity contribution in [3.05, 3.63) is 18.3 Å². The van der Waals surface area contributed by atoms with Crippen LogP contribution in [0, 0.1) is 5.92 Å². The van der Waals surface area contributed by atoms with E-state index < -0.39 is 0 Å². The Balaban J connectivity index is 2.02. The van der Waals surface area contributed by atoms with Crippen molar-refractivity contribution in [2.75, 3.05) is 11.9 Å². The van der Waals surface area contributed by atoms with Crippen LogP contribution in [0.4, 0.5) is 5.82 Å². The van der Waals surface area contributed by atoms with Crippen LogP contribution in [0.25, 0.3) is 0 Å². The Hall–Kier alpha value is -2.11. The second-order valence-electron chi connectivity index (χ2n) is 4.44. The molecule has 0 spiro atoms. The molecule has 0 aromatic carbocycles. The van der Waals surface area contributed by atoms with Crippen LogP contribution in [0.1, 0.15) is 13.3 Å². The van der Waals surface area contributed by atoms with Crippen molar-refractivity contribution < 1.29 is 14.7 Å². The average Bonchev–Trinajstić information content (AvgIpc) is 2.73. The van der Waals surface area contributed by atoms with Crippen molar-refractivity contribution in [2.24, 2.45) is 5.92 Å². The molecule has 2 atom stereocenters. The lowest BCUT2D eigenvalue weighted by atomic mass is 10.1. The summed E-state index contributed by atoms with van der Waals surface area (Å²) in [6.07, 6.45) is 2.87. The fourth-order valence-electron chi connectivity index (χ4n) is 2.10. The van der Waals surface area contributed by atoms with Gasteiger partial charge < -0.3 is 15.3 Å². The van der Waals surface area contributed by atoms with Crippen molar-refractivity contribution in [2.45, 2.75) is 19.4 Å². The van der Waals surface area contributed by atoms with E-state index in [4.69, 9.17) is 0 Å². The highest BCUT2D eigenvalue weighted by Crippen LogP contribution is 2.24. The van der Waals surface area contributed by atoms with E-state index in [1.54, 1.807) is 11.0 Å². The molecule has 1 fully saturated rings. The Bertz CT molecular complexity index is 464. The third kappa shape index (κ3) is 2.42. The molecule has 1 aromatic rings. The number of aromatic nitrogens is 1. The Morgan fingerprint density at radius 3 is 3.06 bits per heavy atom. The molecule has 1 saturated heterocycles. The molecule has 2 heterocycles. The predicted molar refractivity (Wildman–Crippen MR) is 64.9 cm³/mol. The van der Waals surface area contributed by atoms with E-state index in [0.717, 1.165) is 6.41 Å². The number of amides is 2. The van der Waals surface area contributed by atoms with Crippen LogP contribution in [0.2, 0.25) is 0 Å². The molecule has 0 saturated carbocycles. The van der Waals surface area contributed by atoms with E-state index in [9.17, 15) is 14.7 Å². The molecule has 96 valence electrons. The quantitative estimate of drug-likeness (QED) is 0.768. The Kier molecular flexibility index (Phi) is 3.45. The molecule has 1 aromatic heterocycles. The van der Waals surface area contributed by atoms with Gasteiger partial charge in [0.15, 0.2) is 11.6 Å². The summed E-state index contributed by atoms with van der Waals surface area (Å²) in [7, 11) is 0. The second-order valence-corrected chi connectivity index (χ2v) is 4.44. The summed E-state index contributed by atoms with van der Waals surface area (Å²) in [6, 6.07) is 3.10. The Morgan fingerprint density at radius 1 is 1.67 bits per heavy atom. The first kappa shape index (κ1) is 12.3. The highest BCUT2D eigenvalue weighted by Gasteiger charge is 2.33. The van der Waals surface area contributed by atoms with Gasteiger partial charge in [-0.2, -0.15) is 0 Å². The summed E-state index contributed by atoms with van der Waals surface area (Å²) in [6.45, 7) is 2.31. The summed E-state index contributed by atoms with van der Waals surface area (Å²) < 4.78 is 0. The molecule has 18 heavy (non-hydrogen) atoms. The summed E-state index contributed by atoms with van der Waals surface area (Å²) in [4.78, 5) is 28.2. The number of aromatic hydroxyl groups is 1. The fraction of sp³-hybridized carbons (Fsp3) is 0.417. The Labute approximate surface area is 105 Å². The van der Waals surface area contributed by atoms with Gasteiger partial charge in [0.05, 0.1) is 5.92 Å². The lowest BCUT2D eigenvalue weighted by Gasteiger charge is -2.13. The molecule has 2 N–H and O–H groups in total. The number of nitrogens with one attached hydrogen (secondary N) is 1. The van der Waals surface area contributed by atoms with Crippen LogP contribution in [0.3, 0.4) is 0 Å². The summed E-state index contributed by atoms with van der Waals surface area (Å²) >= 11 is 0. The number of hydrogen-bond donors (Lipinski definition) is 2. The monoisotopic (exact) mass is 249 g/mol. The second kappa shape index (κ2) is 5.03. The molecule has 6 heteroatoms. The van der Waals surface area contributed by atoms with Crippen molar-refractivity contribution in [1.29, 1.82) is 0 Å². The van der Waals surface area contributed by atoms with Gasteiger partial charge in [-0.05, 0) is 25.5 Å². The van der Waals surface area contributed by atoms with Gasteiger partial charge in [-0.1, -0.05) is 0 Å². The maximum atomic E-state index is 12.0. The number of hydrogen-bond acceptors (Lipinski definition) is 4. The third-order valence-corrected chi connectivity index (χ3v) is 3.16. The zero-order valence-corrected chi connectivity index (χ0v) is 10.0. The number of anilines is 1. The van der Waals surface area contributed by atoms with Crippen molar-refractivity contribution in [3.63, 3.8) is 0 Å². The largest absolute Gasteiger partial charge is 0.504 e. The lowest BCUT2D eigenvalue weighted by Crippen LogP contribution is -2.28. The normalized spacial score (nSPS) is 22.8. The van der Waals surface area contributed by atoms with Gasteiger partial charge in [-0.3, -0.25) is 9.59 Å². The topological polar surface area (TPSA) is 82.5 Å². The SMILES string of the molecule is CC1CC(C(=O)Nc2ncccc2O)CN1C=O. The standard InChI is InChI=1S/C12H15N3O3/c1-8-5-9(6-15(8)7-16)12(18)14-11-10(17)3-2-4-13-11/h2-4,7-9,17H,5-6H2,1H3,(H,13,14,18). The summed E-state index contributed by atoms with van der Waals surface area (Å²) in [5.41, 5.74) is 0. The van der Waals surface area contributed by atoms with E-state index in [0.29, 0.717) is 13.0 Å². The van der Waals surface area contributed by atoms with Gasteiger partial charge >= 0.3 is 0 Å². The minimum Gasteiger partial charge on any atom is -0.504 e. The average molecular weight is 249 g/mol. The first-order valence-electron chi connectivity index (χ1n) is 5.77. The predicted octanol–water partition coefficient (Wildman–Crippen LogP) is 0.592. The van der Waals surface area contributed by atoms with E-state index in [1.807, 2.05) is 6.92 Å². The zero-order valence-electron chi connectivity index (χ0n) is 10.0. The van der Waals surface area contributed by atoms with Crippen LogP contribution >= 0.6 is 0 Å². The minimum absolute atomic E-state index is 0.0654. The number of rotatable bonds is 3. The lowest BCUT2D eigenvalue weighted by molar-refractivity contribution is -0.120. The maximum absolute atomic E-state index is 12.0. The minimum atomic E-state index is -0.258. The number of carbonyl (C=O) groups excluding carboxylic acids is 2. The van der Waals surface area contributed by atoms with Crippen LogP contribution in [-0.4, -0.2) is 39.9 Å². The van der Waals surface area contributed by atoms with Gasteiger partial charge in [-0.15, -0.1) is 0 Å². The third-order valence-electron chi connectivity index (χ3n) is 3.16. The first-order valence-corrected chi connectivity index (χ1v) is 5.77. The molecule has 1 aliphatic heterocycles. The van der Waals surface area contributed by atoms with E-state index in [1.165, 1.54) is 12.3 Å². The highest BCUT2D eigenvalue weighted by molar-refractivity contribution is 5.93. The zero-order chi connectivity index (χ0) is 13.1. The molecular formula is C12H15N3O3. The smallest absolute Gasteiger partial charge is 0.230 e. The fourth-order valence-corrected chi connectivity index (χ4v) is 2.10. The molecule has 6 nitrogen and oxygen atoms in total. The van der Waals surface area contributed by atoms with Crippen LogP contribution in [-0.2, 0) is 9.59 Å². The van der Waals surface area contributed by atoms with Gasteiger partial charge in [-0.25, -0.2) is 4.98 Å². The molecular weight excluding hydrogens is 234 g/mol. The van der Waals surface area contributed by atoms with Gasteiger partial charge in [0.2, 0.25) is 12.3 Å². The van der Waals surface area contributed by atoms with Crippen LogP contribution < -0.4 is 5.32 Å². The summed E-state index contributed by atoms with van der Waals surface area (Å²) in [5.74, 6) is -0.393. The van der Waals surface area contributed by atoms with Crippen molar-refractivity contribution in [3.8, 4) is 5.75 Å². The summed E-state index contributed by atoms with van der Waals surface area (Å²) in [5, 5.41) is 12.1. The molecule has 1 aliphatic rings. The van der Waals surface area contributed by atoms with Crippen molar-refractivity contribution >= 4 is 18.1 Å². The Morgan fingerprint density at radius 2 is 2.44 bits per heavy atom. The van der Waals surface area contributed by atoms with E-state index in [2.05, 4.69) is 10.3 Å². The number of pyridine rings is 1. The molecule has 2 amide bonds. The molecule has 0 bridgehead atoms. The first-order chi connectivity index (χ1) is 8.61. The van der Waals surface area contributed by atoms with E-state index in [-0.39, 0.29) is 29.4 Å². The van der Waals surface area contributed by atoms with Gasteiger partial charge in [0.1, 0.15) is 0 Å². The van der Waals surface area contributed by atoms with E-state index >= 15 is 0 Å². The van der Waals surface area contributed by atoms with Crippen molar-refractivity contribution in [1.82, 2.24) is 9.88 Å². The molecule has 0 aliphatic carbocycles. The van der Waals surface area contributed by atoms with Gasteiger partial charge in [0, 0.05) is 18.8 Å². The molecule has 2 unspecified atom stereocenters. The van der Waals surface area contributed by atoms with Gasteiger partial charge in [0.25, 0.3) is 0 Å².